The first kappa shape index (κ1) is 17.1. The van der Waals surface area contributed by atoms with E-state index in [4.69, 9.17) is 4.74 Å². The van der Waals surface area contributed by atoms with Gasteiger partial charge in [0.05, 0.1) is 30.9 Å². The number of aromatic hydroxyl groups is 1. The van der Waals surface area contributed by atoms with Crippen LogP contribution in [0.1, 0.15) is 25.3 Å². The zero-order chi connectivity index (χ0) is 19.0. The van der Waals surface area contributed by atoms with Gasteiger partial charge in [0, 0.05) is 17.3 Å². The maximum absolute atomic E-state index is 9.54. The Bertz CT molecular complexity index is 1100. The van der Waals surface area contributed by atoms with Gasteiger partial charge in [0.2, 0.25) is 0 Å². The maximum Gasteiger partial charge on any atom is 0.155 e. The average molecular weight is 359 g/mol. The van der Waals surface area contributed by atoms with Crippen LogP contribution in [0.3, 0.4) is 0 Å². The van der Waals surface area contributed by atoms with E-state index in [9.17, 15) is 5.11 Å². The van der Waals surface area contributed by atoms with E-state index in [2.05, 4.69) is 35.9 Å². The van der Waals surface area contributed by atoms with E-state index in [-0.39, 0.29) is 5.75 Å². The lowest BCUT2D eigenvalue weighted by molar-refractivity contribution is 0.416. The van der Waals surface area contributed by atoms with Gasteiger partial charge in [-0.25, -0.2) is 4.98 Å². The Balaban J connectivity index is 1.88. The molecule has 0 spiro atoms. The molecule has 0 saturated heterocycles. The fourth-order valence-corrected chi connectivity index (χ4v) is 3.16. The van der Waals surface area contributed by atoms with Crippen LogP contribution in [0.5, 0.6) is 11.5 Å². The third-order valence-corrected chi connectivity index (χ3v) is 4.73. The average Bonchev–Trinajstić information content (AvgIpc) is 3.11. The molecule has 0 atom stereocenters. The highest BCUT2D eigenvalue weighted by atomic mass is 16.5. The van der Waals surface area contributed by atoms with Gasteiger partial charge < -0.3 is 9.84 Å². The van der Waals surface area contributed by atoms with Gasteiger partial charge in [0.25, 0.3) is 0 Å². The fraction of sp³-hybridized carbons (Fsp3) is 0.182. The van der Waals surface area contributed by atoms with E-state index < -0.39 is 0 Å². The summed E-state index contributed by atoms with van der Waals surface area (Å²) >= 11 is 0. The van der Waals surface area contributed by atoms with E-state index >= 15 is 0 Å². The van der Waals surface area contributed by atoms with Gasteiger partial charge in [-0.2, -0.15) is 0 Å². The minimum absolute atomic E-state index is 0.241. The molecule has 0 amide bonds. The molecule has 2 heterocycles. The SMILES string of the molecule is COc1ccc(C(C)C)cc1-c1cn2c(-c3ccc(O)cc3)cnc2cn1. The summed E-state index contributed by atoms with van der Waals surface area (Å²) in [5.74, 6) is 1.45. The number of fused-ring (bicyclic) bond motifs is 1. The van der Waals surface area contributed by atoms with E-state index in [0.717, 1.165) is 33.9 Å². The number of ether oxygens (including phenoxy) is 1. The van der Waals surface area contributed by atoms with E-state index in [1.165, 1.54) is 5.56 Å². The van der Waals surface area contributed by atoms with Crippen LogP contribution < -0.4 is 4.74 Å². The molecule has 4 aromatic rings. The summed E-state index contributed by atoms with van der Waals surface area (Å²) in [7, 11) is 1.67. The number of aromatic nitrogens is 3. The standard InChI is InChI=1S/C22H21N3O2/c1-14(2)16-6-9-21(27-3)18(10-16)19-13-25-20(11-24-22(25)12-23-19)15-4-7-17(26)8-5-15/h4-14,26H,1-3H3. The molecule has 2 aromatic carbocycles. The molecule has 2 aromatic heterocycles. The molecule has 1 N–H and O–H groups in total. The van der Waals surface area contributed by atoms with Crippen molar-refractivity contribution in [2.75, 3.05) is 7.11 Å². The molecule has 4 rings (SSSR count). The number of imidazole rings is 1. The highest BCUT2D eigenvalue weighted by Gasteiger charge is 2.13. The summed E-state index contributed by atoms with van der Waals surface area (Å²) in [6, 6.07) is 13.3. The summed E-state index contributed by atoms with van der Waals surface area (Å²) in [6.45, 7) is 4.34. The highest BCUT2D eigenvalue weighted by Crippen LogP contribution is 2.33. The van der Waals surface area contributed by atoms with Crippen molar-refractivity contribution in [3.63, 3.8) is 0 Å². The number of rotatable bonds is 4. The molecule has 27 heavy (non-hydrogen) atoms. The predicted molar refractivity (Wildman–Crippen MR) is 106 cm³/mol. The number of hydrogen-bond acceptors (Lipinski definition) is 4. The minimum atomic E-state index is 0.241. The Kier molecular flexibility index (Phi) is 4.28. The van der Waals surface area contributed by atoms with Crippen molar-refractivity contribution in [3.05, 3.63) is 66.6 Å². The van der Waals surface area contributed by atoms with Crippen LogP contribution in [0.4, 0.5) is 0 Å². The van der Waals surface area contributed by atoms with Crippen molar-refractivity contribution >= 4 is 5.65 Å². The molecule has 5 heteroatoms. The van der Waals surface area contributed by atoms with Gasteiger partial charge in [0.1, 0.15) is 11.5 Å². The van der Waals surface area contributed by atoms with Crippen LogP contribution in [-0.2, 0) is 0 Å². The molecule has 5 nitrogen and oxygen atoms in total. The molecular formula is C22H21N3O2. The molecule has 0 unspecified atom stereocenters. The van der Waals surface area contributed by atoms with Gasteiger partial charge in [-0.05, 0) is 47.9 Å². The summed E-state index contributed by atoms with van der Waals surface area (Å²) in [4.78, 5) is 9.05. The fourth-order valence-electron chi connectivity index (χ4n) is 3.16. The van der Waals surface area contributed by atoms with Gasteiger partial charge in [-0.1, -0.05) is 19.9 Å². The normalized spacial score (nSPS) is 11.3. The number of phenols is 1. The Labute approximate surface area is 157 Å². The van der Waals surface area contributed by atoms with Crippen molar-refractivity contribution in [1.29, 1.82) is 0 Å². The molecule has 136 valence electrons. The Morgan fingerprint density at radius 3 is 2.48 bits per heavy atom. The lowest BCUT2D eigenvalue weighted by Crippen LogP contribution is -1.97. The van der Waals surface area contributed by atoms with Crippen LogP contribution in [0.15, 0.2) is 61.1 Å². The first-order valence-corrected chi connectivity index (χ1v) is 8.87. The van der Waals surface area contributed by atoms with Crippen molar-refractivity contribution in [2.45, 2.75) is 19.8 Å². The summed E-state index contributed by atoms with van der Waals surface area (Å²) in [5.41, 5.74) is 5.68. The number of phenolic OH excluding ortho intramolecular Hbond substituents is 1. The van der Waals surface area contributed by atoms with Crippen LogP contribution >= 0.6 is 0 Å². The zero-order valence-electron chi connectivity index (χ0n) is 15.5. The molecule has 0 radical (unpaired) electrons. The Morgan fingerprint density at radius 2 is 1.78 bits per heavy atom. The van der Waals surface area contributed by atoms with Crippen LogP contribution in [0.2, 0.25) is 0 Å². The number of benzene rings is 2. The second kappa shape index (κ2) is 6.76. The second-order valence-electron chi connectivity index (χ2n) is 6.81. The molecule has 0 aliphatic heterocycles. The predicted octanol–water partition coefficient (Wildman–Crippen LogP) is 4.90. The monoisotopic (exact) mass is 359 g/mol. The molecule has 0 aliphatic rings. The van der Waals surface area contributed by atoms with Gasteiger partial charge in [-0.15, -0.1) is 0 Å². The third-order valence-electron chi connectivity index (χ3n) is 4.73. The Morgan fingerprint density at radius 1 is 1.00 bits per heavy atom. The lowest BCUT2D eigenvalue weighted by atomic mass is 9.99. The van der Waals surface area contributed by atoms with Gasteiger partial charge in [0.15, 0.2) is 5.65 Å². The van der Waals surface area contributed by atoms with Crippen molar-refractivity contribution < 1.29 is 9.84 Å². The molecule has 0 saturated carbocycles. The molecule has 0 fully saturated rings. The molecule has 0 aliphatic carbocycles. The van der Waals surface area contributed by atoms with Gasteiger partial charge >= 0.3 is 0 Å². The first-order chi connectivity index (χ1) is 13.1. The second-order valence-corrected chi connectivity index (χ2v) is 6.81. The maximum atomic E-state index is 9.54. The van der Waals surface area contributed by atoms with E-state index in [1.807, 2.05) is 35.0 Å². The van der Waals surface area contributed by atoms with Crippen molar-refractivity contribution in [2.24, 2.45) is 0 Å². The summed E-state index contributed by atoms with van der Waals surface area (Å²) < 4.78 is 7.57. The quantitative estimate of drug-likeness (QED) is 0.563. The topological polar surface area (TPSA) is 59.7 Å². The van der Waals surface area contributed by atoms with Crippen LogP contribution in [0.25, 0.3) is 28.2 Å². The third kappa shape index (κ3) is 3.12. The van der Waals surface area contributed by atoms with Crippen molar-refractivity contribution in [3.8, 4) is 34.0 Å². The molecular weight excluding hydrogens is 338 g/mol. The highest BCUT2D eigenvalue weighted by molar-refractivity contribution is 5.70. The number of nitrogens with zero attached hydrogens (tertiary/aromatic N) is 3. The Hall–Kier alpha value is -3.34. The number of hydrogen-bond donors (Lipinski definition) is 1. The summed E-state index contributed by atoms with van der Waals surface area (Å²) in [5, 5.41) is 9.54. The first-order valence-electron chi connectivity index (χ1n) is 8.87. The molecule has 0 bridgehead atoms. The van der Waals surface area contributed by atoms with E-state index in [0.29, 0.717) is 5.92 Å². The minimum Gasteiger partial charge on any atom is -0.508 e. The smallest absolute Gasteiger partial charge is 0.155 e. The zero-order valence-corrected chi connectivity index (χ0v) is 15.5. The number of methoxy groups -OCH3 is 1. The van der Waals surface area contributed by atoms with Crippen molar-refractivity contribution in [1.82, 2.24) is 14.4 Å². The van der Waals surface area contributed by atoms with Gasteiger partial charge in [-0.3, -0.25) is 9.38 Å². The van der Waals surface area contributed by atoms with Crippen LogP contribution in [0, 0.1) is 0 Å². The van der Waals surface area contributed by atoms with E-state index in [1.54, 1.807) is 25.4 Å². The lowest BCUT2D eigenvalue weighted by Gasteiger charge is -2.13. The van der Waals surface area contributed by atoms with Crippen LogP contribution in [-0.4, -0.2) is 26.6 Å². The summed E-state index contributed by atoms with van der Waals surface area (Å²) in [6.07, 6.45) is 5.56. The largest absolute Gasteiger partial charge is 0.508 e.